The summed E-state index contributed by atoms with van der Waals surface area (Å²) in [6, 6.07) is 10.4. The van der Waals surface area contributed by atoms with E-state index in [2.05, 4.69) is 34.1 Å². The maximum atomic E-state index is 12.4. The van der Waals surface area contributed by atoms with E-state index in [1.54, 1.807) is 0 Å². The van der Waals surface area contributed by atoms with Crippen LogP contribution >= 0.6 is 0 Å². The fourth-order valence-corrected chi connectivity index (χ4v) is 4.14. The molecule has 1 spiro atoms. The Kier molecular flexibility index (Phi) is 5.74. The van der Waals surface area contributed by atoms with Crippen LogP contribution in [0.25, 0.3) is 0 Å². The molecule has 2 aliphatic rings. The lowest BCUT2D eigenvalue weighted by molar-refractivity contribution is -0.137. The number of aliphatic carboxylic acids is 1. The van der Waals surface area contributed by atoms with Crippen LogP contribution in [0.3, 0.4) is 0 Å². The summed E-state index contributed by atoms with van der Waals surface area (Å²) in [6.45, 7) is 4.18. The topological polar surface area (TPSA) is 60.9 Å². The molecule has 2 aliphatic heterocycles. The van der Waals surface area contributed by atoms with Crippen LogP contribution in [-0.4, -0.2) is 59.5 Å². The first-order chi connectivity index (χ1) is 12.1. The highest BCUT2D eigenvalue weighted by Crippen LogP contribution is 2.41. The number of hydrogen-bond donors (Lipinski definition) is 1. The largest absolute Gasteiger partial charge is 0.481 e. The standard InChI is InChI=1S/C20H28N2O3/c23-18-15-20(9-13-21(14-10-20)12-8-19(24)25)16-22(18)11-4-7-17-5-2-1-3-6-17/h1-3,5-6H,4,7-16H2,(H,24,25). The normalized spacial score (nSPS) is 20.3. The predicted molar refractivity (Wildman–Crippen MR) is 96.3 cm³/mol. The van der Waals surface area contributed by atoms with E-state index in [1.807, 2.05) is 6.07 Å². The first kappa shape index (κ1) is 17.9. The molecule has 25 heavy (non-hydrogen) atoms. The molecule has 0 saturated carbocycles. The van der Waals surface area contributed by atoms with Crippen LogP contribution < -0.4 is 0 Å². The molecular formula is C20H28N2O3. The molecule has 0 atom stereocenters. The number of aryl methyl sites for hydroxylation is 1. The summed E-state index contributed by atoms with van der Waals surface area (Å²) in [6.07, 6.45) is 4.92. The number of carbonyl (C=O) groups excluding carboxylic acids is 1. The number of carbonyl (C=O) groups is 2. The molecule has 5 heteroatoms. The molecule has 0 bridgehead atoms. The molecule has 5 nitrogen and oxygen atoms in total. The van der Waals surface area contributed by atoms with Crippen molar-refractivity contribution in [2.75, 3.05) is 32.7 Å². The summed E-state index contributed by atoms with van der Waals surface area (Å²) >= 11 is 0. The summed E-state index contributed by atoms with van der Waals surface area (Å²) in [5.41, 5.74) is 1.46. The lowest BCUT2D eigenvalue weighted by Crippen LogP contribution is -2.42. The van der Waals surface area contributed by atoms with Crippen molar-refractivity contribution in [1.82, 2.24) is 9.80 Å². The highest BCUT2D eigenvalue weighted by molar-refractivity contribution is 5.79. The van der Waals surface area contributed by atoms with Gasteiger partial charge in [0.15, 0.2) is 0 Å². The van der Waals surface area contributed by atoms with Gasteiger partial charge in [0, 0.05) is 26.1 Å². The molecule has 1 N–H and O–H groups in total. The highest BCUT2D eigenvalue weighted by atomic mass is 16.4. The van der Waals surface area contributed by atoms with E-state index in [1.165, 1.54) is 5.56 Å². The molecule has 0 unspecified atom stereocenters. The monoisotopic (exact) mass is 344 g/mol. The van der Waals surface area contributed by atoms with Crippen molar-refractivity contribution in [3.05, 3.63) is 35.9 Å². The van der Waals surface area contributed by atoms with Crippen LogP contribution in [0.5, 0.6) is 0 Å². The molecule has 0 aliphatic carbocycles. The van der Waals surface area contributed by atoms with Gasteiger partial charge in [0.2, 0.25) is 5.91 Å². The van der Waals surface area contributed by atoms with Crippen LogP contribution in [0, 0.1) is 5.41 Å². The van der Waals surface area contributed by atoms with Crippen molar-refractivity contribution in [2.45, 2.75) is 38.5 Å². The van der Waals surface area contributed by atoms with Crippen LogP contribution in [0.1, 0.15) is 37.7 Å². The first-order valence-electron chi connectivity index (χ1n) is 9.32. The molecule has 2 saturated heterocycles. The van der Waals surface area contributed by atoms with Gasteiger partial charge in [-0.15, -0.1) is 0 Å². The second-order valence-electron chi connectivity index (χ2n) is 7.57. The van der Waals surface area contributed by atoms with Crippen LogP contribution in [0.4, 0.5) is 0 Å². The van der Waals surface area contributed by atoms with Gasteiger partial charge in [0.25, 0.3) is 0 Å². The van der Waals surface area contributed by atoms with Gasteiger partial charge in [-0.05, 0) is 49.8 Å². The number of hydrogen-bond acceptors (Lipinski definition) is 3. The van der Waals surface area contributed by atoms with Crippen molar-refractivity contribution < 1.29 is 14.7 Å². The van der Waals surface area contributed by atoms with Gasteiger partial charge < -0.3 is 14.9 Å². The number of rotatable bonds is 7. The quantitative estimate of drug-likeness (QED) is 0.825. The Morgan fingerprint density at radius 2 is 1.84 bits per heavy atom. The van der Waals surface area contributed by atoms with E-state index in [0.29, 0.717) is 18.9 Å². The molecule has 2 fully saturated rings. The number of likely N-dealkylation sites (tertiary alicyclic amines) is 2. The van der Waals surface area contributed by atoms with Crippen molar-refractivity contribution in [1.29, 1.82) is 0 Å². The van der Waals surface area contributed by atoms with Crippen LogP contribution in [0.15, 0.2) is 30.3 Å². The summed E-state index contributed by atoms with van der Waals surface area (Å²) in [5.74, 6) is -0.437. The molecule has 0 aromatic heterocycles. The molecule has 136 valence electrons. The fourth-order valence-electron chi connectivity index (χ4n) is 4.14. The van der Waals surface area contributed by atoms with E-state index >= 15 is 0 Å². The van der Waals surface area contributed by atoms with E-state index in [4.69, 9.17) is 5.11 Å². The minimum Gasteiger partial charge on any atom is -0.481 e. The van der Waals surface area contributed by atoms with E-state index in [-0.39, 0.29) is 11.8 Å². The summed E-state index contributed by atoms with van der Waals surface area (Å²) < 4.78 is 0. The Balaban J connectivity index is 1.43. The predicted octanol–water partition coefficient (Wildman–Crippen LogP) is 2.41. The molecule has 2 heterocycles. The minimum atomic E-state index is -0.735. The summed E-state index contributed by atoms with van der Waals surface area (Å²) in [7, 11) is 0. The zero-order valence-corrected chi connectivity index (χ0v) is 14.8. The molecule has 1 aromatic rings. The number of nitrogens with zero attached hydrogens (tertiary/aromatic N) is 2. The third-order valence-electron chi connectivity index (χ3n) is 5.70. The zero-order chi connectivity index (χ0) is 17.7. The lowest BCUT2D eigenvalue weighted by atomic mass is 9.77. The third kappa shape index (κ3) is 4.82. The smallest absolute Gasteiger partial charge is 0.304 e. The van der Waals surface area contributed by atoms with Crippen molar-refractivity contribution >= 4 is 11.9 Å². The van der Waals surface area contributed by atoms with Crippen molar-refractivity contribution in [3.63, 3.8) is 0 Å². The van der Waals surface area contributed by atoms with Gasteiger partial charge in [-0.3, -0.25) is 9.59 Å². The average molecular weight is 344 g/mol. The number of carboxylic acids is 1. The molecule has 1 aromatic carbocycles. The van der Waals surface area contributed by atoms with E-state index in [0.717, 1.165) is 51.9 Å². The van der Waals surface area contributed by atoms with Gasteiger partial charge in [-0.2, -0.15) is 0 Å². The zero-order valence-electron chi connectivity index (χ0n) is 14.8. The summed E-state index contributed by atoms with van der Waals surface area (Å²) in [5, 5.41) is 8.81. The van der Waals surface area contributed by atoms with Gasteiger partial charge in [-0.1, -0.05) is 30.3 Å². The van der Waals surface area contributed by atoms with Crippen molar-refractivity contribution in [3.8, 4) is 0 Å². The number of piperidine rings is 1. The first-order valence-corrected chi connectivity index (χ1v) is 9.32. The molecule has 1 amide bonds. The Morgan fingerprint density at radius 3 is 2.52 bits per heavy atom. The van der Waals surface area contributed by atoms with E-state index in [9.17, 15) is 9.59 Å². The third-order valence-corrected chi connectivity index (χ3v) is 5.70. The van der Waals surface area contributed by atoms with Gasteiger partial charge in [0.05, 0.1) is 6.42 Å². The van der Waals surface area contributed by atoms with E-state index < -0.39 is 5.97 Å². The Morgan fingerprint density at radius 1 is 1.12 bits per heavy atom. The Labute approximate surface area is 149 Å². The van der Waals surface area contributed by atoms with Crippen LogP contribution in [-0.2, 0) is 16.0 Å². The molecular weight excluding hydrogens is 316 g/mol. The van der Waals surface area contributed by atoms with Gasteiger partial charge >= 0.3 is 5.97 Å². The maximum absolute atomic E-state index is 12.4. The number of carboxylic acid groups (broad SMARTS) is 1. The van der Waals surface area contributed by atoms with Crippen LogP contribution in [0.2, 0.25) is 0 Å². The van der Waals surface area contributed by atoms with Gasteiger partial charge in [0.1, 0.15) is 0 Å². The maximum Gasteiger partial charge on any atom is 0.304 e. The second-order valence-corrected chi connectivity index (χ2v) is 7.57. The van der Waals surface area contributed by atoms with Crippen molar-refractivity contribution in [2.24, 2.45) is 5.41 Å². The fraction of sp³-hybridized carbons (Fsp3) is 0.600. The number of amides is 1. The highest BCUT2D eigenvalue weighted by Gasteiger charge is 2.44. The van der Waals surface area contributed by atoms with Gasteiger partial charge in [-0.25, -0.2) is 0 Å². The summed E-state index contributed by atoms with van der Waals surface area (Å²) in [4.78, 5) is 27.4. The second kappa shape index (κ2) is 8.00. The minimum absolute atomic E-state index is 0.129. The Hall–Kier alpha value is -1.88. The SMILES string of the molecule is O=C(O)CCN1CCC2(CC1)CC(=O)N(CCCc1ccccc1)C2. The molecule has 0 radical (unpaired) electrons. The molecule has 3 rings (SSSR count). The number of benzene rings is 1. The average Bonchev–Trinajstić information content (AvgIpc) is 2.91. The lowest BCUT2D eigenvalue weighted by Gasteiger charge is -2.38. The Bertz CT molecular complexity index is 594.